The van der Waals surface area contributed by atoms with Crippen molar-refractivity contribution in [3.8, 4) is 0 Å². The normalized spacial score (nSPS) is 14.7. The molecule has 0 aliphatic carbocycles. The van der Waals surface area contributed by atoms with E-state index in [9.17, 15) is 18.7 Å². The highest BCUT2D eigenvalue weighted by molar-refractivity contribution is 5.73. The van der Waals surface area contributed by atoms with E-state index in [-0.39, 0.29) is 0 Å². The number of aliphatic hydroxyl groups excluding tert-OH is 2. The number of hydrogen-bond acceptors (Lipinski definition) is 3. The monoisotopic (exact) mass is 218 g/mol. The predicted octanol–water partition coefficient (Wildman–Crippen LogP) is 0.444. The summed E-state index contributed by atoms with van der Waals surface area (Å²) < 4.78 is 26.0. The molecule has 4 nitrogen and oxygen atoms in total. The minimum atomic E-state index is -2.27. The van der Waals surface area contributed by atoms with E-state index in [1.54, 1.807) is 0 Å². The standard InChI is InChI=1S/C9H8F2O4/c10-4-2-1-3-5(11)6(4)7(12)8(13)9(14)15/h1-3,7-8,12-13H,(H,14,15). The van der Waals surface area contributed by atoms with Crippen LogP contribution < -0.4 is 0 Å². The third kappa shape index (κ3) is 2.28. The number of aliphatic carboxylic acids is 1. The third-order valence-corrected chi connectivity index (χ3v) is 1.85. The Bertz CT molecular complexity index is 360. The minimum Gasteiger partial charge on any atom is -0.479 e. The molecule has 2 atom stereocenters. The molecule has 0 fully saturated rings. The maximum atomic E-state index is 13.0. The molecule has 0 radical (unpaired) electrons. The Hall–Kier alpha value is -1.53. The first-order valence-electron chi connectivity index (χ1n) is 3.98. The molecule has 0 aromatic heterocycles. The van der Waals surface area contributed by atoms with Gasteiger partial charge in [-0.2, -0.15) is 0 Å². The summed E-state index contributed by atoms with van der Waals surface area (Å²) in [6.45, 7) is 0. The quantitative estimate of drug-likeness (QED) is 0.688. The fourth-order valence-electron chi connectivity index (χ4n) is 1.09. The molecule has 3 N–H and O–H groups in total. The van der Waals surface area contributed by atoms with Crippen LogP contribution in [-0.2, 0) is 4.79 Å². The van der Waals surface area contributed by atoms with Crippen molar-refractivity contribution >= 4 is 5.97 Å². The zero-order chi connectivity index (χ0) is 11.6. The molecule has 0 aliphatic rings. The number of hydrogen-bond donors (Lipinski definition) is 3. The van der Waals surface area contributed by atoms with Crippen molar-refractivity contribution in [3.63, 3.8) is 0 Å². The van der Waals surface area contributed by atoms with Gasteiger partial charge in [-0.05, 0) is 12.1 Å². The van der Waals surface area contributed by atoms with Gasteiger partial charge < -0.3 is 15.3 Å². The van der Waals surface area contributed by atoms with Gasteiger partial charge in [0.15, 0.2) is 6.10 Å². The summed E-state index contributed by atoms with van der Waals surface area (Å²) >= 11 is 0. The van der Waals surface area contributed by atoms with Crippen LogP contribution in [-0.4, -0.2) is 27.4 Å². The second-order valence-electron chi connectivity index (χ2n) is 2.86. The second-order valence-corrected chi connectivity index (χ2v) is 2.86. The summed E-state index contributed by atoms with van der Waals surface area (Å²) in [5, 5.41) is 26.5. The van der Waals surface area contributed by atoms with E-state index in [4.69, 9.17) is 10.2 Å². The first-order valence-corrected chi connectivity index (χ1v) is 3.98. The Morgan fingerprint density at radius 1 is 1.20 bits per heavy atom. The SMILES string of the molecule is O=C(O)C(O)C(O)c1c(F)cccc1F. The van der Waals surface area contributed by atoms with Crippen molar-refractivity contribution in [2.24, 2.45) is 0 Å². The van der Waals surface area contributed by atoms with E-state index in [1.165, 1.54) is 0 Å². The second kappa shape index (κ2) is 4.33. The number of rotatable bonds is 3. The fourth-order valence-corrected chi connectivity index (χ4v) is 1.09. The van der Waals surface area contributed by atoms with Gasteiger partial charge >= 0.3 is 5.97 Å². The molecule has 2 unspecified atom stereocenters. The first kappa shape index (κ1) is 11.5. The predicted molar refractivity (Wildman–Crippen MR) is 45.0 cm³/mol. The molecule has 0 spiro atoms. The van der Waals surface area contributed by atoms with Crippen LogP contribution in [0.25, 0.3) is 0 Å². The van der Waals surface area contributed by atoms with Crippen LogP contribution in [0.5, 0.6) is 0 Å². The Balaban J connectivity index is 3.10. The Kier molecular flexibility index (Phi) is 3.33. The maximum Gasteiger partial charge on any atom is 0.335 e. The fraction of sp³-hybridized carbons (Fsp3) is 0.222. The van der Waals surface area contributed by atoms with Gasteiger partial charge in [0.05, 0.1) is 5.56 Å². The third-order valence-electron chi connectivity index (χ3n) is 1.85. The molecule has 0 amide bonds. The molecule has 1 aromatic carbocycles. The van der Waals surface area contributed by atoms with Gasteiger partial charge in [0.25, 0.3) is 0 Å². The lowest BCUT2D eigenvalue weighted by atomic mass is 10.0. The summed E-state index contributed by atoms with van der Waals surface area (Å²) in [5.74, 6) is -3.98. The van der Waals surface area contributed by atoms with Crippen LogP contribution in [0.3, 0.4) is 0 Å². The summed E-state index contributed by atoms with van der Waals surface area (Å²) in [4.78, 5) is 10.3. The topological polar surface area (TPSA) is 77.8 Å². The molecule has 1 aromatic rings. The highest BCUT2D eigenvalue weighted by Gasteiger charge is 2.29. The van der Waals surface area contributed by atoms with Crippen LogP contribution in [0, 0.1) is 11.6 Å². The van der Waals surface area contributed by atoms with E-state index < -0.39 is 35.4 Å². The highest BCUT2D eigenvalue weighted by atomic mass is 19.1. The van der Waals surface area contributed by atoms with Crippen LogP contribution in [0.4, 0.5) is 8.78 Å². The first-order chi connectivity index (χ1) is 6.95. The van der Waals surface area contributed by atoms with Gasteiger partial charge in [0.2, 0.25) is 0 Å². The Morgan fingerprint density at radius 2 is 1.67 bits per heavy atom. The van der Waals surface area contributed by atoms with Gasteiger partial charge in [-0.1, -0.05) is 6.07 Å². The van der Waals surface area contributed by atoms with Crippen LogP contribution in [0.15, 0.2) is 18.2 Å². The lowest BCUT2D eigenvalue weighted by Crippen LogP contribution is -2.28. The maximum absolute atomic E-state index is 13.0. The number of carbonyl (C=O) groups is 1. The van der Waals surface area contributed by atoms with E-state index in [1.807, 2.05) is 0 Å². The number of benzene rings is 1. The van der Waals surface area contributed by atoms with Crippen molar-refractivity contribution < 1.29 is 28.9 Å². The van der Waals surface area contributed by atoms with Crippen LogP contribution in [0.2, 0.25) is 0 Å². The zero-order valence-electron chi connectivity index (χ0n) is 7.39. The van der Waals surface area contributed by atoms with Crippen molar-refractivity contribution in [2.45, 2.75) is 12.2 Å². The van der Waals surface area contributed by atoms with Crippen molar-refractivity contribution in [2.75, 3.05) is 0 Å². The molecule has 0 heterocycles. The van der Waals surface area contributed by atoms with Gasteiger partial charge in [0, 0.05) is 0 Å². The zero-order valence-corrected chi connectivity index (χ0v) is 7.39. The molecule has 0 bridgehead atoms. The molecule has 82 valence electrons. The molecule has 15 heavy (non-hydrogen) atoms. The van der Waals surface area contributed by atoms with E-state index >= 15 is 0 Å². The largest absolute Gasteiger partial charge is 0.479 e. The molecule has 1 rings (SSSR count). The van der Waals surface area contributed by atoms with Gasteiger partial charge in [-0.25, -0.2) is 13.6 Å². The average molecular weight is 218 g/mol. The van der Waals surface area contributed by atoms with E-state index in [0.717, 1.165) is 18.2 Å². The van der Waals surface area contributed by atoms with Crippen molar-refractivity contribution in [1.82, 2.24) is 0 Å². The van der Waals surface area contributed by atoms with Crippen LogP contribution >= 0.6 is 0 Å². The van der Waals surface area contributed by atoms with Crippen molar-refractivity contribution in [1.29, 1.82) is 0 Å². The number of carboxylic acids is 1. The van der Waals surface area contributed by atoms with Gasteiger partial charge in [-0.15, -0.1) is 0 Å². The molecule has 6 heteroatoms. The summed E-state index contributed by atoms with van der Waals surface area (Å²) in [7, 11) is 0. The average Bonchev–Trinajstić information content (AvgIpc) is 2.15. The number of halogens is 2. The highest BCUT2D eigenvalue weighted by Crippen LogP contribution is 2.23. The molecule has 0 saturated carbocycles. The number of carboxylic acid groups (broad SMARTS) is 1. The van der Waals surface area contributed by atoms with E-state index in [2.05, 4.69) is 0 Å². The lowest BCUT2D eigenvalue weighted by molar-refractivity contribution is -0.153. The number of aliphatic hydroxyl groups is 2. The summed E-state index contributed by atoms with van der Waals surface area (Å²) in [6, 6.07) is 2.78. The molecule has 0 aliphatic heterocycles. The summed E-state index contributed by atoms with van der Waals surface area (Å²) in [6.07, 6.45) is -4.40. The van der Waals surface area contributed by atoms with Crippen LogP contribution in [0.1, 0.15) is 11.7 Å². The minimum absolute atomic E-state index is 0.854. The molecular formula is C9H8F2O4. The molecule has 0 saturated heterocycles. The molecular weight excluding hydrogens is 210 g/mol. The van der Waals surface area contributed by atoms with E-state index in [0.29, 0.717) is 0 Å². The van der Waals surface area contributed by atoms with Gasteiger partial charge in [-0.3, -0.25) is 0 Å². The Labute approximate surface area is 83.4 Å². The van der Waals surface area contributed by atoms with Gasteiger partial charge in [0.1, 0.15) is 17.7 Å². The smallest absolute Gasteiger partial charge is 0.335 e. The summed E-state index contributed by atoms with van der Waals surface area (Å²) in [5.41, 5.74) is -0.854. The lowest BCUT2D eigenvalue weighted by Gasteiger charge is -2.15. The Morgan fingerprint density at radius 3 is 2.07 bits per heavy atom. The van der Waals surface area contributed by atoms with Crippen molar-refractivity contribution in [3.05, 3.63) is 35.4 Å².